The fraction of sp³-hybridized carbons (Fsp3) is 0.132. The fourth-order valence-corrected chi connectivity index (χ4v) is 6.14. The Hall–Kier alpha value is -5.34. The third-order valence-corrected chi connectivity index (χ3v) is 8.73. The van der Waals surface area contributed by atoms with Gasteiger partial charge in [0.15, 0.2) is 0 Å². The van der Waals surface area contributed by atoms with Gasteiger partial charge in [0.2, 0.25) is 5.91 Å². The van der Waals surface area contributed by atoms with Gasteiger partial charge in [-0.2, -0.15) is 0 Å². The van der Waals surface area contributed by atoms with Gasteiger partial charge in [-0.1, -0.05) is 66.2 Å². The van der Waals surface area contributed by atoms with Crippen molar-refractivity contribution in [2.75, 3.05) is 16.0 Å². The van der Waals surface area contributed by atoms with Crippen LogP contribution in [0.2, 0.25) is 0 Å². The highest BCUT2D eigenvalue weighted by Gasteiger charge is 2.30. The molecule has 3 amide bonds. The lowest BCUT2D eigenvalue weighted by atomic mass is 10.1. The summed E-state index contributed by atoms with van der Waals surface area (Å²) in [4.78, 5) is 42.4. The minimum atomic E-state index is -0.505. The average molecular weight is 628 g/mol. The Labute approximate surface area is 272 Å². The molecular formula is C38H33N3O4S. The Morgan fingerprint density at radius 2 is 1.59 bits per heavy atom. The van der Waals surface area contributed by atoms with Crippen molar-refractivity contribution in [2.24, 2.45) is 0 Å². The minimum absolute atomic E-state index is 0.0303. The molecule has 1 aliphatic rings. The summed E-state index contributed by atoms with van der Waals surface area (Å²) in [7, 11) is 0. The Bertz CT molecular complexity index is 1900. The lowest BCUT2D eigenvalue weighted by molar-refractivity contribution is -0.116. The number of para-hydroxylation sites is 1. The number of carbonyl (C=O) groups is 3. The maximum atomic E-state index is 13.5. The predicted octanol–water partition coefficient (Wildman–Crippen LogP) is 7.73. The summed E-state index contributed by atoms with van der Waals surface area (Å²) < 4.78 is 6.01. The molecule has 0 radical (unpaired) electrons. The number of nitrogens with one attached hydrogen (secondary N) is 2. The van der Waals surface area contributed by atoms with Crippen LogP contribution < -0.4 is 15.5 Å². The molecule has 6 rings (SSSR count). The molecule has 0 bridgehead atoms. The number of anilines is 2. The summed E-state index contributed by atoms with van der Waals surface area (Å²) >= 11 is 1.45. The van der Waals surface area contributed by atoms with Crippen LogP contribution in [0, 0.1) is 6.92 Å². The lowest BCUT2D eigenvalue weighted by Crippen LogP contribution is -2.36. The first-order valence-electron chi connectivity index (χ1n) is 15.0. The summed E-state index contributed by atoms with van der Waals surface area (Å²) in [6.45, 7) is 4.09. The van der Waals surface area contributed by atoms with Gasteiger partial charge in [0.25, 0.3) is 11.8 Å². The van der Waals surface area contributed by atoms with Crippen LogP contribution in [-0.4, -0.2) is 29.5 Å². The normalized spacial score (nSPS) is 14.1. The van der Waals surface area contributed by atoms with Crippen molar-refractivity contribution in [1.82, 2.24) is 5.32 Å². The van der Waals surface area contributed by atoms with Gasteiger partial charge in [-0.15, -0.1) is 11.8 Å². The van der Waals surface area contributed by atoms with Gasteiger partial charge < -0.3 is 20.0 Å². The molecular weight excluding hydrogens is 595 g/mol. The predicted molar refractivity (Wildman–Crippen MR) is 184 cm³/mol. The number of nitrogens with zero attached hydrogens (tertiary/aromatic N) is 1. The molecule has 7 nitrogen and oxygen atoms in total. The van der Waals surface area contributed by atoms with Gasteiger partial charge in [0.1, 0.15) is 17.2 Å². The van der Waals surface area contributed by atoms with Crippen molar-refractivity contribution >= 4 is 46.9 Å². The van der Waals surface area contributed by atoms with Crippen molar-refractivity contribution in [3.63, 3.8) is 0 Å². The van der Waals surface area contributed by atoms with E-state index in [4.69, 9.17) is 4.42 Å². The summed E-state index contributed by atoms with van der Waals surface area (Å²) in [6, 6.07) is 35.7. The summed E-state index contributed by atoms with van der Waals surface area (Å²) in [6.07, 6.45) is 2.37. The van der Waals surface area contributed by atoms with E-state index in [2.05, 4.69) is 23.6 Å². The third kappa shape index (κ3) is 7.14. The van der Waals surface area contributed by atoms with E-state index in [-0.39, 0.29) is 17.6 Å². The maximum Gasteiger partial charge on any atom is 0.272 e. The Morgan fingerprint density at radius 1 is 0.870 bits per heavy atom. The molecule has 0 saturated heterocycles. The number of amides is 3. The summed E-state index contributed by atoms with van der Waals surface area (Å²) in [5.41, 5.74) is 5.22. The molecule has 0 saturated carbocycles. The highest BCUT2D eigenvalue weighted by atomic mass is 32.2. The van der Waals surface area contributed by atoms with Crippen LogP contribution in [0.25, 0.3) is 17.4 Å². The number of thioether (sulfide) groups is 1. The molecule has 5 aromatic rings. The third-order valence-electron chi connectivity index (χ3n) is 7.73. The molecule has 8 heteroatoms. The summed E-state index contributed by atoms with van der Waals surface area (Å²) in [5.74, 6) is 0.507. The zero-order valence-corrected chi connectivity index (χ0v) is 26.3. The van der Waals surface area contributed by atoms with Gasteiger partial charge in [-0.3, -0.25) is 14.4 Å². The van der Waals surface area contributed by atoms with Crippen molar-refractivity contribution in [2.45, 2.75) is 31.2 Å². The number of aryl methyl sites for hydroxylation is 1. The van der Waals surface area contributed by atoms with E-state index in [1.54, 1.807) is 42.5 Å². The average Bonchev–Trinajstić information content (AvgIpc) is 3.68. The smallest absolute Gasteiger partial charge is 0.272 e. The number of hydrogen-bond donors (Lipinski definition) is 2. The Morgan fingerprint density at radius 3 is 2.35 bits per heavy atom. The molecule has 0 aliphatic carbocycles. The molecule has 2 N–H and O–H groups in total. The number of carbonyl (C=O) groups excluding carboxylic acids is 3. The van der Waals surface area contributed by atoms with E-state index in [0.29, 0.717) is 28.5 Å². The highest BCUT2D eigenvalue weighted by molar-refractivity contribution is 8.00. The molecule has 1 atom stereocenters. The quantitative estimate of drug-likeness (QED) is 0.129. The Kier molecular flexibility index (Phi) is 9.17. The topological polar surface area (TPSA) is 91.7 Å². The SMILES string of the molecule is Cc1ccc(-c2ccc(/C=C(\NC(=O)c3ccccc3)C(=O)Nc3ccc(SCC(=O)N4c5ccccc5CC4C)cc3)o2)cc1. The molecule has 1 unspecified atom stereocenters. The number of benzene rings is 4. The van der Waals surface area contributed by atoms with Gasteiger partial charge in [0, 0.05) is 39.5 Å². The van der Waals surface area contributed by atoms with E-state index >= 15 is 0 Å². The lowest BCUT2D eigenvalue weighted by Gasteiger charge is -2.22. The fourth-order valence-electron chi connectivity index (χ4n) is 5.38. The number of hydrogen-bond acceptors (Lipinski definition) is 5. The second kappa shape index (κ2) is 13.7. The number of furan rings is 1. The molecule has 4 aromatic carbocycles. The van der Waals surface area contributed by atoms with E-state index in [1.165, 1.54) is 23.4 Å². The van der Waals surface area contributed by atoms with E-state index in [0.717, 1.165) is 28.1 Å². The molecule has 0 fully saturated rings. The van der Waals surface area contributed by atoms with Gasteiger partial charge >= 0.3 is 0 Å². The molecule has 0 spiro atoms. The molecule has 1 aliphatic heterocycles. The van der Waals surface area contributed by atoms with Crippen molar-refractivity contribution in [3.05, 3.63) is 143 Å². The first-order chi connectivity index (χ1) is 22.3. The second-order valence-corrected chi connectivity index (χ2v) is 12.2. The highest BCUT2D eigenvalue weighted by Crippen LogP contribution is 2.33. The van der Waals surface area contributed by atoms with Crippen molar-refractivity contribution in [1.29, 1.82) is 0 Å². The van der Waals surface area contributed by atoms with Crippen LogP contribution in [0.5, 0.6) is 0 Å². The zero-order chi connectivity index (χ0) is 32.0. The second-order valence-electron chi connectivity index (χ2n) is 11.2. The number of rotatable bonds is 9. The van der Waals surface area contributed by atoms with Crippen LogP contribution in [0.4, 0.5) is 11.4 Å². The van der Waals surface area contributed by atoms with Crippen LogP contribution in [0.1, 0.15) is 34.2 Å². The minimum Gasteiger partial charge on any atom is -0.457 e. The standard InChI is InChI=1S/C38H33N3O4S/c1-25-12-14-27(15-13-25)35-21-18-31(45-35)23-33(40-37(43)28-8-4-3-5-9-28)38(44)39-30-16-19-32(20-17-30)46-24-36(42)41-26(2)22-29-10-6-7-11-34(29)41/h3-21,23,26H,22,24H2,1-2H3,(H,39,44)(H,40,43)/b33-23-. The maximum absolute atomic E-state index is 13.5. The largest absolute Gasteiger partial charge is 0.457 e. The Balaban J connectivity index is 1.14. The van der Waals surface area contributed by atoms with E-state index in [9.17, 15) is 14.4 Å². The first kappa shape index (κ1) is 30.7. The van der Waals surface area contributed by atoms with Crippen molar-refractivity contribution in [3.8, 4) is 11.3 Å². The first-order valence-corrected chi connectivity index (χ1v) is 16.0. The molecule has 46 heavy (non-hydrogen) atoms. The van der Waals surface area contributed by atoms with Crippen molar-refractivity contribution < 1.29 is 18.8 Å². The summed E-state index contributed by atoms with van der Waals surface area (Å²) in [5, 5.41) is 5.61. The van der Waals surface area contributed by atoms with Crippen LogP contribution in [0.15, 0.2) is 130 Å². The van der Waals surface area contributed by atoms with Crippen LogP contribution >= 0.6 is 11.8 Å². The molecule has 2 heterocycles. The zero-order valence-electron chi connectivity index (χ0n) is 25.5. The van der Waals surface area contributed by atoms with Gasteiger partial charge in [-0.05, 0) is 80.4 Å². The van der Waals surface area contributed by atoms with Crippen LogP contribution in [0.3, 0.4) is 0 Å². The molecule has 1 aromatic heterocycles. The van der Waals surface area contributed by atoms with E-state index in [1.807, 2.05) is 78.6 Å². The van der Waals surface area contributed by atoms with Crippen LogP contribution in [-0.2, 0) is 16.0 Å². The van der Waals surface area contributed by atoms with E-state index < -0.39 is 11.8 Å². The molecule has 230 valence electrons. The number of fused-ring (bicyclic) bond motifs is 1. The monoisotopic (exact) mass is 627 g/mol. The van der Waals surface area contributed by atoms with Gasteiger partial charge in [0.05, 0.1) is 5.75 Å². The van der Waals surface area contributed by atoms with Gasteiger partial charge in [-0.25, -0.2) is 0 Å².